The van der Waals surface area contributed by atoms with Crippen LogP contribution < -0.4 is 11.5 Å². The van der Waals surface area contributed by atoms with Gasteiger partial charge in [0.05, 0.1) is 0 Å². The molecule has 0 aliphatic rings. The van der Waals surface area contributed by atoms with Crippen LogP contribution in [0.25, 0.3) is 0 Å². The van der Waals surface area contributed by atoms with Crippen molar-refractivity contribution in [3.63, 3.8) is 0 Å². The third kappa shape index (κ3) is 9.28. The van der Waals surface area contributed by atoms with Crippen LogP contribution in [0.4, 0.5) is 0 Å². The third-order valence-electron chi connectivity index (χ3n) is 2.05. The average molecular weight is 396 g/mol. The van der Waals surface area contributed by atoms with Gasteiger partial charge in [0.1, 0.15) is 0 Å². The first-order valence-corrected chi connectivity index (χ1v) is 9.54. The van der Waals surface area contributed by atoms with Crippen molar-refractivity contribution in [1.82, 2.24) is 0 Å². The van der Waals surface area contributed by atoms with Gasteiger partial charge in [-0.3, -0.25) is 0 Å². The van der Waals surface area contributed by atoms with Crippen LogP contribution in [0.2, 0.25) is 0 Å². The summed E-state index contributed by atoms with van der Waals surface area (Å²) in [6.45, 7) is 4.93. The summed E-state index contributed by atoms with van der Waals surface area (Å²) in [4.78, 5) is 0. The Hall–Kier alpha value is 1.19. The minimum atomic E-state index is -0.472. The number of rotatable bonds is 4. The number of nitrogens with two attached hydrogens (primary N) is 2. The van der Waals surface area contributed by atoms with Gasteiger partial charge >= 0.3 is 35.3 Å². The standard InChI is InChI=1S/C7H18N2.2ClH.Pt/c1-3-7(9,4-2)5-6-8;;;/h3-6,8-9H2,1-2H3;2*1H;/q;;;+2/p-2. The van der Waals surface area contributed by atoms with Crippen molar-refractivity contribution in [3.05, 3.63) is 0 Å². The van der Waals surface area contributed by atoms with Crippen molar-refractivity contribution >= 4 is 18.8 Å². The Labute approximate surface area is 91.7 Å². The quantitative estimate of drug-likeness (QED) is 0.766. The molecule has 80 valence electrons. The first-order valence-electron chi connectivity index (χ1n) is 3.91. The zero-order valence-corrected chi connectivity index (χ0v) is 11.3. The number of halogens is 2. The summed E-state index contributed by atoms with van der Waals surface area (Å²) in [5.41, 5.74) is 11.3. The molecule has 0 aromatic heterocycles. The Bertz CT molecular complexity index is 89.5. The molecular weight excluding hydrogens is 378 g/mol. The van der Waals surface area contributed by atoms with Crippen molar-refractivity contribution in [3.8, 4) is 0 Å². The van der Waals surface area contributed by atoms with Gasteiger partial charge in [-0.25, -0.2) is 0 Å². The van der Waals surface area contributed by atoms with E-state index in [1.165, 1.54) is 0 Å². The second-order valence-corrected chi connectivity index (χ2v) is 5.94. The first-order chi connectivity index (χ1) is 5.60. The van der Waals surface area contributed by atoms with E-state index in [2.05, 4.69) is 13.8 Å². The predicted molar refractivity (Wildman–Crippen MR) is 52.9 cm³/mol. The monoisotopic (exact) mass is 395 g/mol. The van der Waals surface area contributed by atoms with Crippen molar-refractivity contribution in [2.45, 2.75) is 38.6 Å². The molecule has 4 N–H and O–H groups in total. The molecule has 0 rings (SSSR count). The summed E-state index contributed by atoms with van der Waals surface area (Å²) in [7, 11) is 9.75. The predicted octanol–water partition coefficient (Wildman–Crippen LogP) is 2.23. The van der Waals surface area contributed by atoms with E-state index >= 15 is 0 Å². The second-order valence-electron chi connectivity index (χ2n) is 2.65. The topological polar surface area (TPSA) is 52.0 Å². The number of hydrogen-bond donors (Lipinski definition) is 2. The Kier molecular flexibility index (Phi) is 13.4. The van der Waals surface area contributed by atoms with Gasteiger partial charge in [-0.1, -0.05) is 13.8 Å². The molecule has 0 saturated carbocycles. The van der Waals surface area contributed by atoms with E-state index in [-0.39, 0.29) is 5.54 Å². The molecular formula is C7H18Cl2N2Pt. The molecule has 0 bridgehead atoms. The molecule has 0 saturated heterocycles. The van der Waals surface area contributed by atoms with E-state index < -0.39 is 16.5 Å². The van der Waals surface area contributed by atoms with Crippen LogP contribution in [0.15, 0.2) is 0 Å². The molecule has 0 aromatic carbocycles. The van der Waals surface area contributed by atoms with Crippen molar-refractivity contribution in [1.29, 1.82) is 0 Å². The molecule has 12 heavy (non-hydrogen) atoms. The van der Waals surface area contributed by atoms with Gasteiger partial charge in [-0.2, -0.15) is 0 Å². The van der Waals surface area contributed by atoms with Crippen LogP contribution in [0, 0.1) is 0 Å². The zero-order chi connectivity index (χ0) is 10.0. The zero-order valence-electron chi connectivity index (χ0n) is 7.56. The second kappa shape index (κ2) is 10.3. The molecule has 0 fully saturated rings. The van der Waals surface area contributed by atoms with Crippen molar-refractivity contribution in [2.24, 2.45) is 11.5 Å². The van der Waals surface area contributed by atoms with E-state index in [1.54, 1.807) is 0 Å². The molecule has 0 aliphatic heterocycles. The van der Waals surface area contributed by atoms with Crippen LogP contribution in [0.5, 0.6) is 0 Å². The van der Waals surface area contributed by atoms with Crippen LogP contribution in [-0.4, -0.2) is 12.1 Å². The van der Waals surface area contributed by atoms with Crippen LogP contribution >= 0.6 is 18.8 Å². The van der Waals surface area contributed by atoms with Crippen LogP contribution in [0.1, 0.15) is 33.1 Å². The molecule has 0 spiro atoms. The molecule has 0 atom stereocenters. The summed E-state index contributed by atoms with van der Waals surface area (Å²) in [5, 5.41) is 0. The maximum atomic E-state index is 5.93. The molecule has 0 heterocycles. The van der Waals surface area contributed by atoms with Gasteiger partial charge in [0.25, 0.3) is 0 Å². The van der Waals surface area contributed by atoms with Gasteiger partial charge in [0.15, 0.2) is 0 Å². The summed E-state index contributed by atoms with van der Waals surface area (Å²) >= 11 is -0.472. The Morgan fingerprint density at radius 2 is 1.58 bits per heavy atom. The molecule has 0 amide bonds. The van der Waals surface area contributed by atoms with Gasteiger partial charge in [0.2, 0.25) is 0 Å². The number of hydrogen-bond acceptors (Lipinski definition) is 2. The molecule has 0 aromatic rings. The SMILES string of the molecule is CCC(N)(CC)CCN.[Cl][Pt][Cl]. The van der Waals surface area contributed by atoms with Gasteiger partial charge in [0, 0.05) is 5.54 Å². The Morgan fingerprint density at radius 3 is 1.67 bits per heavy atom. The molecule has 0 unspecified atom stereocenters. The molecule has 2 nitrogen and oxygen atoms in total. The minimum absolute atomic E-state index is 0.00868. The fourth-order valence-electron chi connectivity index (χ4n) is 0.891. The summed E-state index contributed by atoms with van der Waals surface area (Å²) in [6, 6.07) is 0. The van der Waals surface area contributed by atoms with E-state index in [9.17, 15) is 0 Å². The van der Waals surface area contributed by atoms with Gasteiger partial charge < -0.3 is 11.5 Å². The third-order valence-corrected chi connectivity index (χ3v) is 2.05. The van der Waals surface area contributed by atoms with E-state index in [0.29, 0.717) is 6.54 Å². The first kappa shape index (κ1) is 15.7. The fraction of sp³-hybridized carbons (Fsp3) is 1.00. The molecule has 5 heteroatoms. The van der Waals surface area contributed by atoms with E-state index in [1.807, 2.05) is 0 Å². The maximum absolute atomic E-state index is 5.93. The molecule has 0 aliphatic carbocycles. The van der Waals surface area contributed by atoms with E-state index in [0.717, 1.165) is 19.3 Å². The van der Waals surface area contributed by atoms with Crippen molar-refractivity contribution in [2.75, 3.05) is 6.54 Å². The van der Waals surface area contributed by atoms with Gasteiger partial charge in [-0.15, -0.1) is 0 Å². The average Bonchev–Trinajstić information content (AvgIpc) is 2.06. The summed E-state index contributed by atoms with van der Waals surface area (Å²) < 4.78 is 0. The Morgan fingerprint density at radius 1 is 1.25 bits per heavy atom. The van der Waals surface area contributed by atoms with Crippen LogP contribution in [0.3, 0.4) is 0 Å². The molecule has 0 radical (unpaired) electrons. The fourth-order valence-corrected chi connectivity index (χ4v) is 0.891. The van der Waals surface area contributed by atoms with Crippen molar-refractivity contribution < 1.29 is 16.5 Å². The summed E-state index contributed by atoms with van der Waals surface area (Å²) in [5.74, 6) is 0. The van der Waals surface area contributed by atoms with Gasteiger partial charge in [-0.05, 0) is 25.8 Å². The summed E-state index contributed by atoms with van der Waals surface area (Å²) in [6.07, 6.45) is 3.00. The van der Waals surface area contributed by atoms with E-state index in [4.69, 9.17) is 30.3 Å². The Balaban J connectivity index is 0. The van der Waals surface area contributed by atoms with Crippen LogP contribution in [-0.2, 0) is 16.5 Å². The normalized spacial score (nSPS) is 10.8.